The van der Waals surface area contributed by atoms with E-state index in [4.69, 9.17) is 9.51 Å². The molecular weight excluding hydrogens is 266 g/mol. The summed E-state index contributed by atoms with van der Waals surface area (Å²) in [6.45, 7) is 0. The van der Waals surface area contributed by atoms with E-state index in [-0.39, 0.29) is 6.10 Å². The molecule has 0 radical (unpaired) electrons. The molecule has 0 amide bonds. The van der Waals surface area contributed by atoms with Crippen LogP contribution in [0.2, 0.25) is 0 Å². The Morgan fingerprint density at radius 3 is 2.33 bits per heavy atom. The summed E-state index contributed by atoms with van der Waals surface area (Å²) in [5, 5.41) is 13.9. The van der Waals surface area contributed by atoms with Crippen LogP contribution in [0.5, 0.6) is 0 Å². The average molecular weight is 291 g/mol. The minimum Gasteiger partial charge on any atom is -0.393 e. The molecule has 4 rings (SSSR count). The van der Waals surface area contributed by atoms with Crippen LogP contribution in [0.25, 0.3) is 0 Å². The molecule has 21 heavy (non-hydrogen) atoms. The van der Waals surface area contributed by atoms with Gasteiger partial charge in [-0.25, -0.2) is 0 Å². The van der Waals surface area contributed by atoms with Gasteiger partial charge >= 0.3 is 0 Å². The highest BCUT2D eigenvalue weighted by Gasteiger charge is 2.40. The van der Waals surface area contributed by atoms with Gasteiger partial charge in [0.25, 0.3) is 0 Å². The molecule has 1 aromatic heterocycles. The van der Waals surface area contributed by atoms with Crippen LogP contribution in [0, 0.1) is 0 Å². The van der Waals surface area contributed by atoms with Crippen molar-refractivity contribution in [3.8, 4) is 0 Å². The lowest BCUT2D eigenvalue weighted by molar-refractivity contribution is 0.116. The van der Waals surface area contributed by atoms with Gasteiger partial charge in [0.05, 0.1) is 6.10 Å². The summed E-state index contributed by atoms with van der Waals surface area (Å²) < 4.78 is 5.55. The molecule has 1 saturated carbocycles. The van der Waals surface area contributed by atoms with Crippen molar-refractivity contribution < 1.29 is 9.63 Å². The van der Waals surface area contributed by atoms with Crippen LogP contribution in [0.1, 0.15) is 74.9 Å². The average Bonchev–Trinajstić information content (AvgIpc) is 3.03. The third kappa shape index (κ3) is 2.50. The van der Waals surface area contributed by atoms with Crippen LogP contribution in [0.3, 0.4) is 0 Å². The molecule has 5 heteroatoms. The fraction of sp³-hybridized carbons (Fsp3) is 0.875. The van der Waals surface area contributed by atoms with Gasteiger partial charge in [-0.2, -0.15) is 4.98 Å². The molecule has 1 aliphatic carbocycles. The summed E-state index contributed by atoms with van der Waals surface area (Å²) in [6, 6.07) is 1.42. The Labute approximate surface area is 125 Å². The summed E-state index contributed by atoms with van der Waals surface area (Å²) in [7, 11) is 2.26. The molecule has 0 spiro atoms. The quantitative estimate of drug-likeness (QED) is 0.906. The van der Waals surface area contributed by atoms with Crippen molar-refractivity contribution in [3.63, 3.8) is 0 Å². The molecule has 0 aromatic carbocycles. The largest absolute Gasteiger partial charge is 0.393 e. The molecule has 5 nitrogen and oxygen atoms in total. The maximum absolute atomic E-state index is 9.60. The van der Waals surface area contributed by atoms with Crippen LogP contribution >= 0.6 is 0 Å². The van der Waals surface area contributed by atoms with Gasteiger partial charge in [-0.3, -0.25) is 0 Å². The summed E-state index contributed by atoms with van der Waals surface area (Å²) in [5.41, 5.74) is 0. The molecule has 1 N–H and O–H groups in total. The van der Waals surface area contributed by atoms with Crippen LogP contribution in [-0.4, -0.2) is 45.4 Å². The van der Waals surface area contributed by atoms with E-state index in [0.717, 1.165) is 37.4 Å². The van der Waals surface area contributed by atoms with Crippen molar-refractivity contribution in [2.75, 3.05) is 7.05 Å². The highest BCUT2D eigenvalue weighted by atomic mass is 16.5. The SMILES string of the molecule is CN1C2CCC1CC(c1noc(C3CCC(O)CC3)n1)C2. The lowest BCUT2D eigenvalue weighted by Crippen LogP contribution is -2.39. The van der Waals surface area contributed by atoms with Gasteiger partial charge in [0.15, 0.2) is 5.82 Å². The number of aliphatic hydroxyl groups is 1. The number of hydrogen-bond donors (Lipinski definition) is 1. The summed E-state index contributed by atoms with van der Waals surface area (Å²) in [6.07, 6.45) is 8.54. The minimum absolute atomic E-state index is 0.131. The molecule has 3 heterocycles. The summed E-state index contributed by atoms with van der Waals surface area (Å²) in [4.78, 5) is 7.27. The Morgan fingerprint density at radius 1 is 1.00 bits per heavy atom. The van der Waals surface area contributed by atoms with Crippen molar-refractivity contribution in [2.24, 2.45) is 0 Å². The summed E-state index contributed by atoms with van der Waals surface area (Å²) in [5.74, 6) is 2.58. The Morgan fingerprint density at radius 2 is 1.67 bits per heavy atom. The molecule has 2 saturated heterocycles. The number of hydrogen-bond acceptors (Lipinski definition) is 5. The molecule has 3 aliphatic rings. The molecule has 116 valence electrons. The second-order valence-corrected chi connectivity index (χ2v) is 7.22. The Bertz CT molecular complexity index is 481. The molecule has 2 unspecified atom stereocenters. The van der Waals surface area contributed by atoms with E-state index in [9.17, 15) is 5.11 Å². The highest BCUT2D eigenvalue weighted by Crippen LogP contribution is 2.41. The molecule has 2 bridgehead atoms. The topological polar surface area (TPSA) is 62.4 Å². The van der Waals surface area contributed by atoms with Crippen molar-refractivity contribution in [1.82, 2.24) is 15.0 Å². The van der Waals surface area contributed by atoms with E-state index in [1.165, 1.54) is 25.7 Å². The first-order valence-electron chi connectivity index (χ1n) is 8.44. The number of rotatable bonds is 2. The lowest BCUT2D eigenvalue weighted by atomic mass is 9.87. The maximum atomic E-state index is 9.60. The Hall–Kier alpha value is -0.940. The van der Waals surface area contributed by atoms with Crippen molar-refractivity contribution in [3.05, 3.63) is 11.7 Å². The predicted molar refractivity (Wildman–Crippen MR) is 78.1 cm³/mol. The fourth-order valence-electron chi connectivity index (χ4n) is 4.52. The summed E-state index contributed by atoms with van der Waals surface area (Å²) >= 11 is 0. The van der Waals surface area contributed by atoms with E-state index in [0.29, 0.717) is 23.9 Å². The molecular formula is C16H25N3O2. The normalized spacial score (nSPS) is 40.6. The zero-order valence-electron chi connectivity index (χ0n) is 12.7. The van der Waals surface area contributed by atoms with E-state index >= 15 is 0 Å². The lowest BCUT2D eigenvalue weighted by Gasteiger charge is -2.34. The second kappa shape index (κ2) is 5.36. The van der Waals surface area contributed by atoms with Gasteiger partial charge < -0.3 is 14.5 Å². The van der Waals surface area contributed by atoms with Gasteiger partial charge in [-0.05, 0) is 58.4 Å². The van der Waals surface area contributed by atoms with Gasteiger partial charge in [-0.15, -0.1) is 0 Å². The third-order valence-corrected chi connectivity index (χ3v) is 5.97. The second-order valence-electron chi connectivity index (χ2n) is 7.22. The van der Waals surface area contributed by atoms with Crippen LogP contribution in [0.4, 0.5) is 0 Å². The first-order valence-corrected chi connectivity index (χ1v) is 8.44. The van der Waals surface area contributed by atoms with Crippen LogP contribution in [0.15, 0.2) is 4.52 Å². The predicted octanol–water partition coefficient (Wildman–Crippen LogP) is 2.43. The first-order chi connectivity index (χ1) is 10.2. The standard InChI is InChI=1S/C16H25N3O2/c1-19-12-4-5-13(19)9-11(8-12)15-17-16(21-18-15)10-2-6-14(20)7-3-10/h10-14,20H,2-9H2,1H3. The maximum Gasteiger partial charge on any atom is 0.229 e. The van der Waals surface area contributed by atoms with E-state index in [1.54, 1.807) is 0 Å². The zero-order chi connectivity index (χ0) is 14.4. The molecule has 2 aliphatic heterocycles. The monoisotopic (exact) mass is 291 g/mol. The third-order valence-electron chi connectivity index (χ3n) is 5.97. The molecule has 2 atom stereocenters. The number of fused-ring (bicyclic) bond motifs is 2. The smallest absolute Gasteiger partial charge is 0.229 e. The number of aromatic nitrogens is 2. The van der Waals surface area contributed by atoms with Gasteiger partial charge in [0, 0.05) is 23.9 Å². The fourth-order valence-corrected chi connectivity index (χ4v) is 4.52. The van der Waals surface area contributed by atoms with Crippen LogP contribution < -0.4 is 0 Å². The first kappa shape index (κ1) is 13.7. The van der Waals surface area contributed by atoms with Gasteiger partial charge in [0.1, 0.15) is 0 Å². The van der Waals surface area contributed by atoms with Crippen molar-refractivity contribution in [1.29, 1.82) is 0 Å². The van der Waals surface area contributed by atoms with E-state index < -0.39 is 0 Å². The Balaban J connectivity index is 1.45. The van der Waals surface area contributed by atoms with Gasteiger partial charge in [0.2, 0.25) is 5.89 Å². The molecule has 3 fully saturated rings. The highest BCUT2D eigenvalue weighted by molar-refractivity contribution is 5.07. The number of aliphatic hydroxyl groups excluding tert-OH is 1. The Kier molecular flexibility index (Phi) is 3.50. The van der Waals surface area contributed by atoms with E-state index in [2.05, 4.69) is 17.1 Å². The van der Waals surface area contributed by atoms with Crippen molar-refractivity contribution in [2.45, 2.75) is 81.4 Å². The van der Waals surface area contributed by atoms with E-state index in [1.807, 2.05) is 0 Å². The minimum atomic E-state index is -0.131. The number of piperidine rings is 1. The van der Waals surface area contributed by atoms with Crippen LogP contribution in [-0.2, 0) is 0 Å². The molecule has 1 aromatic rings. The van der Waals surface area contributed by atoms with Gasteiger partial charge in [-0.1, -0.05) is 5.16 Å². The number of nitrogens with zero attached hydrogens (tertiary/aromatic N) is 3. The zero-order valence-corrected chi connectivity index (χ0v) is 12.7. The van der Waals surface area contributed by atoms with Crippen molar-refractivity contribution >= 4 is 0 Å².